The van der Waals surface area contributed by atoms with Gasteiger partial charge in [0.25, 0.3) is 5.91 Å². The molecule has 0 spiro atoms. The van der Waals surface area contributed by atoms with Gasteiger partial charge in [0.05, 0.1) is 0 Å². The Bertz CT molecular complexity index is 1060. The molecule has 156 valence electrons. The summed E-state index contributed by atoms with van der Waals surface area (Å²) in [6, 6.07) is 16.1. The topological polar surface area (TPSA) is 81.4 Å². The van der Waals surface area contributed by atoms with Gasteiger partial charge in [-0.1, -0.05) is 41.0 Å². The molecule has 0 radical (unpaired) electrons. The standard InChI is InChI=1S/C22H21ClN2O4S/c23-17-5-2-4-16(12-17)20-13-21(29-25-20)22(26)24-18-6-1-3-15(11-18)14-30(27)19-7-9-28-10-8-19/h1-6,11-13,19H,7-10,14H2,(H,24,26). The third kappa shape index (κ3) is 5.16. The summed E-state index contributed by atoms with van der Waals surface area (Å²) in [4.78, 5) is 12.6. The fourth-order valence-electron chi connectivity index (χ4n) is 3.32. The van der Waals surface area contributed by atoms with Gasteiger partial charge in [-0.3, -0.25) is 9.00 Å². The Labute approximate surface area is 182 Å². The molecule has 3 aromatic rings. The van der Waals surface area contributed by atoms with Crippen LogP contribution >= 0.6 is 11.6 Å². The Kier molecular flexibility index (Phi) is 6.62. The minimum absolute atomic E-state index is 0.0983. The normalized spacial score (nSPS) is 15.6. The zero-order valence-electron chi connectivity index (χ0n) is 16.2. The maximum Gasteiger partial charge on any atom is 0.294 e. The molecule has 0 bridgehead atoms. The molecule has 0 saturated carbocycles. The summed E-state index contributed by atoms with van der Waals surface area (Å²) in [5, 5.41) is 7.51. The highest BCUT2D eigenvalue weighted by Gasteiger charge is 2.20. The molecule has 1 aliphatic heterocycles. The average Bonchev–Trinajstić information content (AvgIpc) is 3.25. The van der Waals surface area contributed by atoms with E-state index in [9.17, 15) is 9.00 Å². The van der Waals surface area contributed by atoms with Gasteiger partial charge in [0.2, 0.25) is 5.76 Å². The second-order valence-electron chi connectivity index (χ2n) is 7.08. The van der Waals surface area contributed by atoms with Crippen molar-refractivity contribution < 1.29 is 18.3 Å². The van der Waals surface area contributed by atoms with Crippen molar-refractivity contribution in [3.63, 3.8) is 0 Å². The van der Waals surface area contributed by atoms with Crippen molar-refractivity contribution in [2.45, 2.75) is 23.8 Å². The van der Waals surface area contributed by atoms with Crippen molar-refractivity contribution in [1.29, 1.82) is 0 Å². The van der Waals surface area contributed by atoms with Crippen LogP contribution in [-0.4, -0.2) is 33.7 Å². The van der Waals surface area contributed by atoms with E-state index >= 15 is 0 Å². The van der Waals surface area contributed by atoms with Crippen LogP contribution in [0.3, 0.4) is 0 Å². The van der Waals surface area contributed by atoms with E-state index in [1.54, 1.807) is 24.3 Å². The number of ether oxygens (including phenoxy) is 1. The highest BCUT2D eigenvalue weighted by atomic mass is 35.5. The second-order valence-corrected chi connectivity index (χ2v) is 9.23. The van der Waals surface area contributed by atoms with Crippen molar-refractivity contribution in [2.24, 2.45) is 0 Å². The second kappa shape index (κ2) is 9.55. The van der Waals surface area contributed by atoms with E-state index in [2.05, 4.69) is 10.5 Å². The van der Waals surface area contributed by atoms with E-state index in [-0.39, 0.29) is 11.0 Å². The SMILES string of the molecule is O=C(Nc1cccc(CS(=O)C2CCOCC2)c1)c1cc(-c2cccc(Cl)c2)no1. The number of benzene rings is 2. The van der Waals surface area contributed by atoms with Gasteiger partial charge in [0.1, 0.15) is 5.69 Å². The van der Waals surface area contributed by atoms with Gasteiger partial charge >= 0.3 is 0 Å². The number of amides is 1. The number of hydrogen-bond acceptors (Lipinski definition) is 5. The van der Waals surface area contributed by atoms with Gasteiger partial charge in [0.15, 0.2) is 0 Å². The van der Waals surface area contributed by atoms with Crippen molar-refractivity contribution in [3.05, 3.63) is 70.9 Å². The molecule has 2 aromatic carbocycles. The van der Waals surface area contributed by atoms with Crippen LogP contribution in [0.25, 0.3) is 11.3 Å². The summed E-state index contributed by atoms with van der Waals surface area (Å²) >= 11 is 6.01. The Hall–Kier alpha value is -2.48. The molecule has 4 rings (SSSR count). The molecule has 0 aliphatic carbocycles. The first-order valence-electron chi connectivity index (χ1n) is 9.66. The molecule has 30 heavy (non-hydrogen) atoms. The average molecular weight is 445 g/mol. The lowest BCUT2D eigenvalue weighted by Crippen LogP contribution is -2.25. The van der Waals surface area contributed by atoms with Crippen molar-refractivity contribution in [1.82, 2.24) is 5.16 Å². The van der Waals surface area contributed by atoms with Crippen molar-refractivity contribution >= 4 is 34.0 Å². The number of nitrogens with one attached hydrogen (secondary N) is 1. The van der Waals surface area contributed by atoms with Crippen LogP contribution in [0.1, 0.15) is 29.0 Å². The number of aromatic nitrogens is 1. The Morgan fingerprint density at radius 1 is 1.13 bits per heavy atom. The molecule has 8 heteroatoms. The Morgan fingerprint density at radius 3 is 2.73 bits per heavy atom. The quantitative estimate of drug-likeness (QED) is 0.597. The monoisotopic (exact) mass is 444 g/mol. The number of rotatable bonds is 6. The van der Waals surface area contributed by atoms with E-state index in [0.717, 1.165) is 24.0 Å². The van der Waals surface area contributed by atoms with Crippen LogP contribution in [0, 0.1) is 0 Å². The summed E-state index contributed by atoms with van der Waals surface area (Å²) in [7, 11) is -0.966. The van der Waals surface area contributed by atoms with Gasteiger partial charge < -0.3 is 14.6 Å². The highest BCUT2D eigenvalue weighted by Crippen LogP contribution is 2.23. The van der Waals surface area contributed by atoms with Crippen molar-refractivity contribution in [3.8, 4) is 11.3 Å². The van der Waals surface area contributed by atoms with E-state index in [4.69, 9.17) is 20.9 Å². The zero-order chi connectivity index (χ0) is 20.9. The summed E-state index contributed by atoms with van der Waals surface area (Å²) in [5.41, 5.74) is 2.82. The van der Waals surface area contributed by atoms with Gasteiger partial charge in [-0.05, 0) is 42.7 Å². The van der Waals surface area contributed by atoms with Crippen LogP contribution < -0.4 is 5.32 Å². The summed E-state index contributed by atoms with van der Waals surface area (Å²) in [6.07, 6.45) is 1.65. The van der Waals surface area contributed by atoms with Crippen LogP contribution in [-0.2, 0) is 21.3 Å². The molecular weight excluding hydrogens is 424 g/mol. The molecular formula is C22H21ClN2O4S. The minimum atomic E-state index is -0.966. The lowest BCUT2D eigenvalue weighted by molar-refractivity contribution is 0.0987. The highest BCUT2D eigenvalue weighted by molar-refractivity contribution is 7.84. The van der Waals surface area contributed by atoms with E-state index < -0.39 is 16.7 Å². The lowest BCUT2D eigenvalue weighted by Gasteiger charge is -2.21. The largest absolute Gasteiger partial charge is 0.381 e. The molecule has 1 unspecified atom stereocenters. The van der Waals surface area contributed by atoms with E-state index in [1.807, 2.05) is 30.3 Å². The van der Waals surface area contributed by atoms with E-state index in [0.29, 0.717) is 35.4 Å². The summed E-state index contributed by atoms with van der Waals surface area (Å²) in [6.45, 7) is 1.34. The summed E-state index contributed by atoms with van der Waals surface area (Å²) < 4.78 is 23.2. The maximum absolute atomic E-state index is 12.6. The van der Waals surface area contributed by atoms with Gasteiger partial charge in [-0.15, -0.1) is 0 Å². The number of carbonyl (C=O) groups is 1. The van der Waals surface area contributed by atoms with Gasteiger partial charge in [0, 0.05) is 57.4 Å². The van der Waals surface area contributed by atoms with Gasteiger partial charge in [-0.2, -0.15) is 0 Å². The first kappa shape index (κ1) is 20.8. The van der Waals surface area contributed by atoms with Crippen LogP contribution in [0.4, 0.5) is 5.69 Å². The third-order valence-corrected chi connectivity index (χ3v) is 6.96. The molecule has 2 heterocycles. The number of carbonyl (C=O) groups excluding carboxylic acids is 1. The fourth-order valence-corrected chi connectivity index (χ4v) is 4.97. The Morgan fingerprint density at radius 2 is 1.93 bits per heavy atom. The smallest absolute Gasteiger partial charge is 0.294 e. The first-order valence-corrected chi connectivity index (χ1v) is 11.4. The van der Waals surface area contributed by atoms with Crippen LogP contribution in [0.15, 0.2) is 59.1 Å². The molecule has 1 aliphatic rings. The molecule has 6 nitrogen and oxygen atoms in total. The predicted octanol–water partition coefficient (Wildman–Crippen LogP) is 4.68. The van der Waals surface area contributed by atoms with Gasteiger partial charge in [-0.25, -0.2) is 0 Å². The number of hydrogen-bond donors (Lipinski definition) is 1. The molecule has 1 aromatic heterocycles. The van der Waals surface area contributed by atoms with Crippen molar-refractivity contribution in [2.75, 3.05) is 18.5 Å². The van der Waals surface area contributed by atoms with E-state index in [1.165, 1.54) is 0 Å². The molecule has 1 N–H and O–H groups in total. The number of anilines is 1. The maximum atomic E-state index is 12.6. The molecule has 1 fully saturated rings. The summed E-state index contributed by atoms with van der Waals surface area (Å²) in [5.74, 6) is 0.148. The molecule has 1 amide bonds. The first-order chi connectivity index (χ1) is 14.6. The minimum Gasteiger partial charge on any atom is -0.381 e. The predicted molar refractivity (Wildman–Crippen MR) is 117 cm³/mol. The fraction of sp³-hybridized carbons (Fsp3) is 0.273. The lowest BCUT2D eigenvalue weighted by atomic mass is 10.1. The molecule has 1 saturated heterocycles. The third-order valence-electron chi connectivity index (χ3n) is 4.89. The number of halogens is 1. The molecule has 1 atom stereocenters. The Balaban J connectivity index is 1.41. The number of nitrogens with zero attached hydrogens (tertiary/aromatic N) is 1. The van der Waals surface area contributed by atoms with Crippen LogP contribution in [0.5, 0.6) is 0 Å². The van der Waals surface area contributed by atoms with Crippen LogP contribution in [0.2, 0.25) is 5.02 Å². The zero-order valence-corrected chi connectivity index (χ0v) is 17.7.